The van der Waals surface area contributed by atoms with E-state index in [4.69, 9.17) is 9.47 Å². The van der Waals surface area contributed by atoms with Crippen LogP contribution in [0.5, 0.6) is 5.75 Å². The van der Waals surface area contributed by atoms with Crippen molar-refractivity contribution >= 4 is 44.1 Å². The third kappa shape index (κ3) is 4.79. The lowest BCUT2D eigenvalue weighted by atomic mass is 10.2. The van der Waals surface area contributed by atoms with E-state index in [1.807, 2.05) is 0 Å². The highest BCUT2D eigenvalue weighted by atomic mass is 32.2. The minimum atomic E-state index is -3.47. The lowest BCUT2D eigenvalue weighted by Gasteiger charge is -2.20. The van der Waals surface area contributed by atoms with Crippen LogP contribution in [0.25, 0.3) is 0 Å². The fourth-order valence-corrected chi connectivity index (χ4v) is 5.28. The second-order valence-corrected chi connectivity index (χ2v) is 9.56. The molecule has 0 unspecified atom stereocenters. The molecule has 1 aromatic heterocycles. The molecule has 0 bridgehead atoms. The number of ether oxygens (including phenoxy) is 2. The van der Waals surface area contributed by atoms with Gasteiger partial charge in [0.15, 0.2) is 5.13 Å². The lowest BCUT2D eigenvalue weighted by molar-refractivity contribution is -0.148. The first kappa shape index (κ1) is 22.2. The van der Waals surface area contributed by atoms with Crippen molar-refractivity contribution in [3.8, 4) is 5.75 Å². The van der Waals surface area contributed by atoms with Crippen LogP contribution in [0.15, 0.2) is 29.6 Å². The van der Waals surface area contributed by atoms with Crippen molar-refractivity contribution in [3.05, 3.63) is 35.3 Å². The zero-order valence-corrected chi connectivity index (χ0v) is 18.5. The number of carbonyl (C=O) groups is 2. The second-order valence-electron chi connectivity index (χ2n) is 6.79. The van der Waals surface area contributed by atoms with Crippen LogP contribution < -0.4 is 9.64 Å². The first-order valence-corrected chi connectivity index (χ1v) is 12.0. The highest BCUT2D eigenvalue weighted by molar-refractivity contribution is 7.88. The Labute approximate surface area is 179 Å². The number of para-hydroxylation sites is 2. The van der Waals surface area contributed by atoms with Gasteiger partial charge in [-0.05, 0) is 25.0 Å². The van der Waals surface area contributed by atoms with E-state index in [-0.39, 0.29) is 12.5 Å². The Kier molecular flexibility index (Phi) is 6.74. The largest absolute Gasteiger partial charge is 0.495 e. The maximum Gasteiger partial charge on any atom is 0.324 e. The van der Waals surface area contributed by atoms with Crippen LogP contribution in [0.1, 0.15) is 25.5 Å². The van der Waals surface area contributed by atoms with Crippen molar-refractivity contribution in [3.63, 3.8) is 0 Å². The molecule has 1 aliphatic rings. The van der Waals surface area contributed by atoms with Gasteiger partial charge in [-0.1, -0.05) is 12.1 Å². The van der Waals surface area contributed by atoms with E-state index >= 15 is 0 Å². The van der Waals surface area contributed by atoms with Crippen LogP contribution in [0.3, 0.4) is 0 Å². The Morgan fingerprint density at radius 1 is 1.33 bits per heavy atom. The molecule has 162 valence electrons. The molecule has 11 heteroatoms. The molecular formula is C19H23N3O6S2. The van der Waals surface area contributed by atoms with Crippen LogP contribution in [-0.2, 0) is 31.0 Å². The van der Waals surface area contributed by atoms with Crippen molar-refractivity contribution in [1.29, 1.82) is 0 Å². The van der Waals surface area contributed by atoms with Gasteiger partial charge in [0.25, 0.3) is 0 Å². The highest BCUT2D eigenvalue weighted by Gasteiger charge is 2.37. The van der Waals surface area contributed by atoms with E-state index < -0.39 is 22.0 Å². The number of nitrogens with zero attached hydrogens (tertiary/aromatic N) is 3. The van der Waals surface area contributed by atoms with Crippen molar-refractivity contribution in [2.75, 3.05) is 24.8 Å². The number of hydrogen-bond donors (Lipinski definition) is 0. The number of sulfonamides is 1. The molecular weight excluding hydrogens is 430 g/mol. The first-order valence-electron chi connectivity index (χ1n) is 9.24. The van der Waals surface area contributed by atoms with E-state index in [0.29, 0.717) is 41.6 Å². The van der Waals surface area contributed by atoms with Crippen LogP contribution in [0.2, 0.25) is 0 Å². The minimum absolute atomic E-state index is 0.110. The smallest absolute Gasteiger partial charge is 0.324 e. The van der Waals surface area contributed by atoms with Gasteiger partial charge >= 0.3 is 5.97 Å². The predicted molar refractivity (Wildman–Crippen MR) is 112 cm³/mol. The summed E-state index contributed by atoms with van der Waals surface area (Å²) in [6.07, 6.45) is 2.12. The summed E-state index contributed by atoms with van der Waals surface area (Å²) in [5.74, 6) is -0.314. The molecule has 1 aliphatic heterocycles. The number of amides is 1. The molecule has 1 amide bonds. The van der Waals surface area contributed by atoms with Gasteiger partial charge in [0.1, 0.15) is 18.4 Å². The van der Waals surface area contributed by atoms with Gasteiger partial charge in [0, 0.05) is 18.8 Å². The SMILES string of the molecule is COc1ccccc1N(C(C)=O)c1nc(COC(=O)[C@H]2CCCN2S(C)(=O)=O)cs1. The molecule has 1 fully saturated rings. The molecule has 0 saturated carbocycles. The van der Waals surface area contributed by atoms with Crippen molar-refractivity contribution in [2.24, 2.45) is 0 Å². The van der Waals surface area contributed by atoms with E-state index in [0.717, 1.165) is 6.26 Å². The van der Waals surface area contributed by atoms with Crippen molar-refractivity contribution in [2.45, 2.75) is 32.4 Å². The number of anilines is 2. The summed E-state index contributed by atoms with van der Waals surface area (Å²) in [4.78, 5) is 30.5. The van der Waals surface area contributed by atoms with E-state index in [9.17, 15) is 18.0 Å². The molecule has 1 saturated heterocycles. The van der Waals surface area contributed by atoms with Gasteiger partial charge in [0.05, 0.1) is 24.7 Å². The molecule has 2 heterocycles. The van der Waals surface area contributed by atoms with Crippen LogP contribution in [0, 0.1) is 0 Å². The van der Waals surface area contributed by atoms with E-state index in [2.05, 4.69) is 4.98 Å². The Bertz CT molecular complexity index is 1040. The highest BCUT2D eigenvalue weighted by Crippen LogP contribution is 2.35. The van der Waals surface area contributed by atoms with Gasteiger partial charge < -0.3 is 9.47 Å². The zero-order valence-electron chi connectivity index (χ0n) is 16.9. The summed E-state index contributed by atoms with van der Waals surface area (Å²) in [6, 6.07) is 6.29. The van der Waals surface area contributed by atoms with Crippen molar-refractivity contribution in [1.82, 2.24) is 9.29 Å². The fraction of sp³-hybridized carbons (Fsp3) is 0.421. The average molecular weight is 454 g/mol. The van der Waals surface area contributed by atoms with E-state index in [1.54, 1.807) is 29.6 Å². The van der Waals surface area contributed by atoms with E-state index in [1.165, 1.54) is 34.6 Å². The zero-order chi connectivity index (χ0) is 21.9. The normalized spacial score (nSPS) is 17.0. The molecule has 9 nitrogen and oxygen atoms in total. The summed E-state index contributed by atoms with van der Waals surface area (Å²) in [5.41, 5.74) is 1.02. The summed E-state index contributed by atoms with van der Waals surface area (Å²) >= 11 is 1.23. The number of hydrogen-bond acceptors (Lipinski definition) is 8. The average Bonchev–Trinajstić information content (AvgIpc) is 3.36. The van der Waals surface area contributed by atoms with Gasteiger partial charge in [-0.3, -0.25) is 14.5 Å². The number of esters is 1. The number of benzene rings is 1. The Balaban J connectivity index is 1.72. The van der Waals surface area contributed by atoms with Gasteiger partial charge in [-0.2, -0.15) is 4.31 Å². The summed E-state index contributed by atoms with van der Waals surface area (Å²) in [5, 5.41) is 2.11. The number of aromatic nitrogens is 1. The monoisotopic (exact) mass is 453 g/mol. The maximum absolute atomic E-state index is 12.4. The Morgan fingerprint density at radius 2 is 2.07 bits per heavy atom. The molecule has 0 N–H and O–H groups in total. The summed E-state index contributed by atoms with van der Waals surface area (Å²) in [7, 11) is -1.95. The topological polar surface area (TPSA) is 106 Å². The lowest BCUT2D eigenvalue weighted by Crippen LogP contribution is -2.40. The maximum atomic E-state index is 12.4. The number of thiazole rings is 1. The molecule has 1 aromatic carbocycles. The third-order valence-electron chi connectivity index (χ3n) is 4.64. The number of rotatable bonds is 7. The van der Waals surface area contributed by atoms with Crippen LogP contribution in [0.4, 0.5) is 10.8 Å². The molecule has 1 atom stereocenters. The molecule has 30 heavy (non-hydrogen) atoms. The minimum Gasteiger partial charge on any atom is -0.495 e. The predicted octanol–water partition coefficient (Wildman–Crippen LogP) is 2.30. The Hall–Kier alpha value is -2.50. The Morgan fingerprint density at radius 3 is 2.73 bits per heavy atom. The number of carbonyl (C=O) groups excluding carboxylic acids is 2. The quantitative estimate of drug-likeness (QED) is 0.592. The summed E-state index contributed by atoms with van der Waals surface area (Å²) < 4.78 is 35.4. The fourth-order valence-electron chi connectivity index (χ4n) is 3.30. The molecule has 3 rings (SSSR count). The molecule has 0 radical (unpaired) electrons. The van der Waals surface area contributed by atoms with Crippen molar-refractivity contribution < 1.29 is 27.5 Å². The first-order chi connectivity index (χ1) is 14.2. The van der Waals surface area contributed by atoms with Gasteiger partial charge in [-0.25, -0.2) is 13.4 Å². The molecule has 0 spiro atoms. The summed E-state index contributed by atoms with van der Waals surface area (Å²) in [6.45, 7) is 1.63. The number of methoxy groups -OCH3 is 1. The molecule has 0 aliphatic carbocycles. The van der Waals surface area contributed by atoms with Gasteiger partial charge in [0.2, 0.25) is 15.9 Å². The second kappa shape index (κ2) is 9.11. The van der Waals surface area contributed by atoms with Crippen LogP contribution >= 0.6 is 11.3 Å². The van der Waals surface area contributed by atoms with Gasteiger partial charge in [-0.15, -0.1) is 11.3 Å². The third-order valence-corrected chi connectivity index (χ3v) is 6.80. The van der Waals surface area contributed by atoms with Crippen LogP contribution in [-0.4, -0.2) is 55.5 Å². The standard InChI is InChI=1S/C19H23N3O6S2/c1-13(23)22(15-7-4-5-9-17(15)27-2)19-20-14(12-29-19)11-28-18(24)16-8-6-10-21(16)30(3,25)26/h4-5,7,9,12,16H,6,8,10-11H2,1-3H3/t16-/m1/s1. The molecule has 2 aromatic rings.